The topological polar surface area (TPSA) is 71.0 Å². The average molecular weight is 462 g/mol. The van der Waals surface area contributed by atoms with Crippen molar-refractivity contribution in [2.45, 2.75) is 18.6 Å². The lowest BCUT2D eigenvalue weighted by Gasteiger charge is -2.14. The van der Waals surface area contributed by atoms with E-state index in [1.165, 1.54) is 11.8 Å². The molecule has 0 aromatic heterocycles. The van der Waals surface area contributed by atoms with Crippen LogP contribution in [0.2, 0.25) is 0 Å². The molecule has 8 heteroatoms. The van der Waals surface area contributed by atoms with Gasteiger partial charge in [-0.1, -0.05) is 36.0 Å². The van der Waals surface area contributed by atoms with Gasteiger partial charge in [0.2, 0.25) is 11.8 Å². The summed E-state index contributed by atoms with van der Waals surface area (Å²) in [4.78, 5) is 31.4. The van der Waals surface area contributed by atoms with Gasteiger partial charge in [0.25, 0.3) is 0 Å². The molecule has 0 aliphatic carbocycles. The maximum atomic E-state index is 12.8. The van der Waals surface area contributed by atoms with Gasteiger partial charge in [0, 0.05) is 17.4 Å². The number of benzene rings is 2. The van der Waals surface area contributed by atoms with Crippen molar-refractivity contribution in [2.75, 3.05) is 19.0 Å². The summed E-state index contributed by atoms with van der Waals surface area (Å²) in [5.41, 5.74) is 1.33. The number of carbonyl (C=O) groups is 2. The highest BCUT2D eigenvalue weighted by molar-refractivity contribution is 9.10. The van der Waals surface area contributed by atoms with Gasteiger partial charge in [-0.15, -0.1) is 0 Å². The molecule has 1 fully saturated rings. The van der Waals surface area contributed by atoms with Crippen LogP contribution in [0.3, 0.4) is 0 Å². The third-order valence-electron chi connectivity index (χ3n) is 4.16. The van der Waals surface area contributed by atoms with Crippen molar-refractivity contribution in [1.82, 2.24) is 4.90 Å². The summed E-state index contributed by atoms with van der Waals surface area (Å²) in [6.45, 7) is 2.38. The first-order valence-corrected chi connectivity index (χ1v) is 10.4. The lowest BCUT2D eigenvalue weighted by molar-refractivity contribution is -0.128. The molecule has 1 N–H and O–H groups in total. The molecule has 1 aliphatic heterocycles. The number of methoxy groups -OCH3 is 1. The highest BCUT2D eigenvalue weighted by atomic mass is 79.9. The highest BCUT2D eigenvalue weighted by Crippen LogP contribution is 2.34. The van der Waals surface area contributed by atoms with Crippen LogP contribution in [0.1, 0.15) is 13.3 Å². The first kappa shape index (κ1) is 20.4. The summed E-state index contributed by atoms with van der Waals surface area (Å²) in [6, 6.07) is 14.7. The molecule has 3 rings (SSSR count). The van der Waals surface area contributed by atoms with E-state index in [9.17, 15) is 9.59 Å². The molecule has 1 unspecified atom stereocenters. The quantitative estimate of drug-likeness (QED) is 0.689. The van der Waals surface area contributed by atoms with E-state index in [0.29, 0.717) is 28.8 Å². The molecule has 1 atom stereocenters. The number of amidine groups is 1. The minimum atomic E-state index is -0.504. The predicted molar refractivity (Wildman–Crippen MR) is 116 cm³/mol. The fraction of sp³-hybridized carbons (Fsp3) is 0.250. The van der Waals surface area contributed by atoms with Gasteiger partial charge >= 0.3 is 0 Å². The Hall–Kier alpha value is -2.32. The van der Waals surface area contributed by atoms with Gasteiger partial charge in [-0.05, 0) is 47.1 Å². The SMILES string of the molecule is CCN1C(=O)C(CC(=O)Nc2ccccc2Br)SC1=Nc1ccccc1OC. The Morgan fingerprint density at radius 2 is 1.96 bits per heavy atom. The molecule has 28 heavy (non-hydrogen) atoms. The van der Waals surface area contributed by atoms with E-state index in [2.05, 4.69) is 26.2 Å². The number of thioether (sulfide) groups is 1. The molecule has 146 valence electrons. The number of aliphatic imine (C=N–C) groups is 1. The van der Waals surface area contributed by atoms with E-state index in [-0.39, 0.29) is 18.2 Å². The number of hydrogen-bond donors (Lipinski definition) is 1. The van der Waals surface area contributed by atoms with Crippen LogP contribution in [0.25, 0.3) is 0 Å². The number of para-hydroxylation sites is 3. The average Bonchev–Trinajstić information content (AvgIpc) is 2.98. The summed E-state index contributed by atoms with van der Waals surface area (Å²) in [5, 5.41) is 2.92. The zero-order valence-corrected chi connectivity index (χ0v) is 17.9. The van der Waals surface area contributed by atoms with Crippen LogP contribution in [0.4, 0.5) is 11.4 Å². The minimum Gasteiger partial charge on any atom is -0.494 e. The zero-order valence-electron chi connectivity index (χ0n) is 15.5. The van der Waals surface area contributed by atoms with E-state index in [0.717, 1.165) is 4.47 Å². The first-order valence-electron chi connectivity index (χ1n) is 8.77. The van der Waals surface area contributed by atoms with Crippen molar-refractivity contribution in [3.05, 3.63) is 53.0 Å². The summed E-state index contributed by atoms with van der Waals surface area (Å²) < 4.78 is 6.13. The predicted octanol–water partition coefficient (Wildman–Crippen LogP) is 4.44. The Balaban J connectivity index is 1.75. The molecule has 0 saturated carbocycles. The Kier molecular flexibility index (Phi) is 6.74. The fourth-order valence-electron chi connectivity index (χ4n) is 2.77. The fourth-order valence-corrected chi connectivity index (χ4v) is 4.37. The smallest absolute Gasteiger partial charge is 0.242 e. The van der Waals surface area contributed by atoms with E-state index in [4.69, 9.17) is 4.74 Å². The Labute approximate surface area is 176 Å². The van der Waals surface area contributed by atoms with Gasteiger partial charge in [0.1, 0.15) is 16.7 Å². The number of amides is 2. The molecule has 0 spiro atoms. The second-order valence-corrected chi connectivity index (χ2v) is 8.01. The van der Waals surface area contributed by atoms with Crippen molar-refractivity contribution in [1.29, 1.82) is 0 Å². The Morgan fingerprint density at radius 1 is 1.25 bits per heavy atom. The van der Waals surface area contributed by atoms with Crippen LogP contribution < -0.4 is 10.1 Å². The van der Waals surface area contributed by atoms with Crippen LogP contribution in [-0.2, 0) is 9.59 Å². The number of hydrogen-bond acceptors (Lipinski definition) is 5. The Bertz CT molecular complexity index is 919. The Morgan fingerprint density at radius 3 is 2.68 bits per heavy atom. The lowest BCUT2D eigenvalue weighted by atomic mass is 10.2. The number of nitrogens with zero attached hydrogens (tertiary/aromatic N) is 2. The van der Waals surface area contributed by atoms with Crippen molar-refractivity contribution < 1.29 is 14.3 Å². The largest absolute Gasteiger partial charge is 0.494 e. The van der Waals surface area contributed by atoms with Gasteiger partial charge < -0.3 is 10.1 Å². The van der Waals surface area contributed by atoms with Gasteiger partial charge in [0.05, 0.1) is 12.8 Å². The summed E-state index contributed by atoms with van der Waals surface area (Å²) >= 11 is 4.71. The molecule has 2 aromatic carbocycles. The molecule has 1 aliphatic rings. The summed E-state index contributed by atoms with van der Waals surface area (Å²) in [5.74, 6) is 0.310. The molecule has 6 nitrogen and oxygen atoms in total. The molecular formula is C20H20BrN3O3S. The first-order chi connectivity index (χ1) is 13.5. The maximum absolute atomic E-state index is 12.8. The molecule has 0 radical (unpaired) electrons. The van der Waals surface area contributed by atoms with Crippen LogP contribution >= 0.6 is 27.7 Å². The van der Waals surface area contributed by atoms with Crippen molar-refractivity contribution in [3.63, 3.8) is 0 Å². The van der Waals surface area contributed by atoms with E-state index in [1.807, 2.05) is 49.4 Å². The molecule has 1 saturated heterocycles. The van der Waals surface area contributed by atoms with E-state index >= 15 is 0 Å². The van der Waals surface area contributed by atoms with Gasteiger partial charge in [-0.2, -0.15) is 0 Å². The third kappa shape index (κ3) is 4.56. The van der Waals surface area contributed by atoms with Gasteiger partial charge in [-0.25, -0.2) is 4.99 Å². The number of anilines is 1. The summed E-state index contributed by atoms with van der Waals surface area (Å²) in [7, 11) is 1.58. The third-order valence-corrected chi connectivity index (χ3v) is 6.02. The number of rotatable bonds is 6. The van der Waals surface area contributed by atoms with Crippen molar-refractivity contribution in [2.24, 2.45) is 4.99 Å². The molecule has 2 amide bonds. The molecule has 1 heterocycles. The monoisotopic (exact) mass is 461 g/mol. The summed E-state index contributed by atoms with van der Waals surface area (Å²) in [6.07, 6.45) is 0.0757. The number of carbonyl (C=O) groups excluding carboxylic acids is 2. The number of nitrogens with one attached hydrogen (secondary N) is 1. The number of ether oxygens (including phenoxy) is 1. The second kappa shape index (κ2) is 9.25. The maximum Gasteiger partial charge on any atom is 0.242 e. The van der Waals surface area contributed by atoms with Crippen molar-refractivity contribution in [3.8, 4) is 5.75 Å². The molecule has 0 bridgehead atoms. The zero-order chi connectivity index (χ0) is 20.1. The van der Waals surface area contributed by atoms with Crippen LogP contribution in [-0.4, -0.2) is 40.8 Å². The molecular weight excluding hydrogens is 442 g/mol. The van der Waals surface area contributed by atoms with Crippen LogP contribution in [0.5, 0.6) is 5.75 Å². The minimum absolute atomic E-state index is 0.0757. The van der Waals surface area contributed by atoms with Gasteiger partial charge in [-0.3, -0.25) is 14.5 Å². The normalized spacial score (nSPS) is 17.8. The van der Waals surface area contributed by atoms with Crippen LogP contribution in [0, 0.1) is 0 Å². The van der Waals surface area contributed by atoms with E-state index in [1.54, 1.807) is 18.1 Å². The van der Waals surface area contributed by atoms with Crippen LogP contribution in [0.15, 0.2) is 58.0 Å². The van der Waals surface area contributed by atoms with Gasteiger partial charge in [0.15, 0.2) is 5.17 Å². The number of halogens is 1. The second-order valence-electron chi connectivity index (χ2n) is 5.99. The lowest BCUT2D eigenvalue weighted by Crippen LogP contribution is -2.33. The van der Waals surface area contributed by atoms with E-state index < -0.39 is 5.25 Å². The standard InChI is InChI=1S/C20H20BrN3O3S/c1-3-24-19(26)17(12-18(25)22-14-9-5-4-8-13(14)21)28-20(24)23-15-10-6-7-11-16(15)27-2/h4-11,17H,3,12H2,1-2H3,(H,22,25). The molecule has 2 aromatic rings. The van der Waals surface area contributed by atoms with Crippen molar-refractivity contribution >= 4 is 56.0 Å². The highest BCUT2D eigenvalue weighted by Gasteiger charge is 2.38.